The maximum absolute atomic E-state index is 13.5. The zero-order valence-corrected chi connectivity index (χ0v) is 14.1. The first-order valence-electron chi connectivity index (χ1n) is 8.69. The molecule has 0 radical (unpaired) electrons. The van der Waals surface area contributed by atoms with Crippen molar-refractivity contribution in [2.75, 3.05) is 0 Å². The summed E-state index contributed by atoms with van der Waals surface area (Å²) >= 11 is 0. The minimum absolute atomic E-state index is 0.208. The van der Waals surface area contributed by atoms with Crippen molar-refractivity contribution in [1.82, 2.24) is 0 Å². The summed E-state index contributed by atoms with van der Waals surface area (Å²) in [6.07, 6.45) is 0.892. The predicted octanol–water partition coefficient (Wildman–Crippen LogP) is 5.53. The molecule has 10 heterocycles. The summed E-state index contributed by atoms with van der Waals surface area (Å²) < 4.78 is 2.15. The molecule has 1 nitrogen and oxygen atoms in total. The number of rotatable bonds is 2. The van der Waals surface area contributed by atoms with Gasteiger partial charge in [-0.15, -0.1) is 0 Å². The van der Waals surface area contributed by atoms with Crippen molar-refractivity contribution in [3.8, 4) is 0 Å². The molecule has 10 fully saturated rings. The molecule has 0 saturated carbocycles. The van der Waals surface area contributed by atoms with Gasteiger partial charge in [-0.25, -0.2) is 0 Å². The van der Waals surface area contributed by atoms with Gasteiger partial charge in [0.05, 0.1) is 0 Å². The number of hydrogen-bond donors (Lipinski definition) is 0. The van der Waals surface area contributed by atoms with E-state index in [0.29, 0.717) is 4.31 Å². The van der Waals surface area contributed by atoms with E-state index in [2.05, 4.69) is 34.6 Å². The molecule has 0 N–H and O–H groups in total. The van der Waals surface area contributed by atoms with Crippen molar-refractivity contribution in [2.45, 2.75) is 87.7 Å². The van der Waals surface area contributed by atoms with E-state index >= 15 is 0 Å². The summed E-state index contributed by atoms with van der Waals surface area (Å²) in [6, 6.07) is 0. The van der Waals surface area contributed by atoms with Crippen molar-refractivity contribution >= 4 is 5.78 Å². The Morgan fingerprint density at radius 2 is 1.60 bits per heavy atom. The van der Waals surface area contributed by atoms with Gasteiger partial charge >= 0.3 is 110 Å². The molecule has 0 aromatic carbocycles. The van der Waals surface area contributed by atoms with Gasteiger partial charge in [0.15, 0.2) is 0 Å². The molecule has 0 aliphatic carbocycles. The molecule has 0 aromatic heterocycles. The third-order valence-corrected chi connectivity index (χ3v) is 63.5. The number of fused-ring (bicyclic) bond motifs is 10. The molecule has 10 rings (SSSR count). The summed E-state index contributed by atoms with van der Waals surface area (Å²) in [7, 11) is 0. The molecular weight excluding hydrogens is 288 g/mol. The van der Waals surface area contributed by atoms with E-state index in [1.807, 2.05) is 0 Å². The summed E-state index contributed by atoms with van der Waals surface area (Å²) in [5.41, 5.74) is 0.208. The molecule has 10 aliphatic rings. The normalized spacial score (nSPS) is 111. The number of ketones is 1. The zero-order chi connectivity index (χ0) is 13.6. The van der Waals surface area contributed by atoms with Gasteiger partial charge in [0.1, 0.15) is 0 Å². The first kappa shape index (κ1) is 8.73. The van der Waals surface area contributed by atoms with Crippen molar-refractivity contribution < 1.29 is 11.3 Å². The van der Waals surface area contributed by atoms with Crippen LogP contribution in [0.15, 0.2) is 0 Å². The Kier molecular flexibility index (Phi) is 0.312. The molecule has 20 heavy (non-hydrogen) atoms. The fourth-order valence-corrected chi connectivity index (χ4v) is 101. The monoisotopic (exact) mass is 312 g/mol. The van der Waals surface area contributed by atoms with Gasteiger partial charge in [0, 0.05) is 0 Å². The number of carbonyl (C=O) groups excluding carboxylic acids is 1. The van der Waals surface area contributed by atoms with Crippen molar-refractivity contribution in [3.63, 3.8) is 0 Å². The second-order valence-corrected chi connectivity index (χ2v) is 37.2. The molecule has 9 unspecified atom stereocenters. The predicted molar refractivity (Wildman–Crippen MR) is 74.8 cm³/mol. The van der Waals surface area contributed by atoms with Gasteiger partial charge in [0.25, 0.3) is 0 Å². The average molecular weight is 312 g/mol. The van der Waals surface area contributed by atoms with E-state index in [-0.39, 0.29) is 5.41 Å². The first-order valence-corrected chi connectivity index (χ1v) is 14.8. The van der Waals surface area contributed by atoms with Crippen LogP contribution >= 0.6 is 0 Å². The Bertz CT molecular complexity index is 1180. The Morgan fingerprint density at radius 1 is 1.00 bits per heavy atom. The second kappa shape index (κ2) is 0.716. The van der Waals surface area contributed by atoms with Gasteiger partial charge in [-0.1, -0.05) is 0 Å². The van der Waals surface area contributed by atoms with Crippen LogP contribution in [0.1, 0.15) is 41.0 Å². The average Bonchev–Trinajstić information content (AvgIpc) is 3.23. The van der Waals surface area contributed by atoms with Crippen LogP contribution in [0.3, 0.4) is 0 Å². The number of Topliss-reactive ketones (excluding diaryl/α,β-unsaturated/α-hetero) is 1. The maximum atomic E-state index is 13.5. The van der Waals surface area contributed by atoms with Crippen LogP contribution in [0.5, 0.6) is 0 Å². The molecule has 0 aromatic rings. The van der Waals surface area contributed by atoms with E-state index in [9.17, 15) is 4.79 Å². The molecule has 110 valence electrons. The molecule has 10 aliphatic heterocycles. The molecule has 9 atom stereocenters. The SMILES string of the molecule is CC(C)(C)CC(=O)[C]12[CH]3[CH]4[C]5(C)[CH]1[Fe]43521678[CH]2[CH]1[CH]6[C]7(C)[CH]28. The topological polar surface area (TPSA) is 17.1 Å². The molecule has 10 saturated heterocycles. The Morgan fingerprint density at radius 3 is 1.80 bits per heavy atom. The van der Waals surface area contributed by atoms with Gasteiger partial charge in [-0.05, 0) is 0 Å². The van der Waals surface area contributed by atoms with Gasteiger partial charge in [-0.2, -0.15) is 0 Å². The zero-order valence-electron chi connectivity index (χ0n) is 13.0. The third kappa shape index (κ3) is 0.0859. The summed E-state index contributed by atoms with van der Waals surface area (Å²) in [6.45, 7) is 8.87. The van der Waals surface area contributed by atoms with Crippen LogP contribution in [-0.4, -0.2) is 5.78 Å². The summed E-state index contributed by atoms with van der Waals surface area (Å²) in [5, 5.41) is 0. The van der Waals surface area contributed by atoms with Crippen LogP contribution < -0.4 is 0 Å². The van der Waals surface area contributed by atoms with Crippen molar-refractivity contribution in [2.24, 2.45) is 5.41 Å². The van der Waals surface area contributed by atoms with Crippen molar-refractivity contribution in [3.05, 3.63) is 0 Å². The van der Waals surface area contributed by atoms with E-state index in [0.717, 1.165) is 30.5 Å². The quantitative estimate of drug-likeness (QED) is 0.613. The minimum atomic E-state index is -3.42. The van der Waals surface area contributed by atoms with Gasteiger partial charge in [-0.3, -0.25) is 0 Å². The van der Waals surface area contributed by atoms with E-state index in [4.69, 9.17) is 0 Å². The first-order chi connectivity index (χ1) is 8.95. The molecular formula is C18H24FeO. The molecule has 0 bridgehead atoms. The van der Waals surface area contributed by atoms with E-state index in [1.54, 1.807) is 0 Å². The molecule has 0 amide bonds. The summed E-state index contributed by atoms with van der Waals surface area (Å²) in [5.74, 6) is 0.818. The summed E-state index contributed by atoms with van der Waals surface area (Å²) in [4.78, 5) is 21.9. The number of carbonyl (C=O) groups is 1. The van der Waals surface area contributed by atoms with Crippen LogP contribution in [0, 0.1) is 5.41 Å². The third-order valence-electron chi connectivity index (χ3n) is 17.5. The Labute approximate surface area is 110 Å². The van der Waals surface area contributed by atoms with Crippen LogP contribution in [0.4, 0.5) is 0 Å². The van der Waals surface area contributed by atoms with Crippen LogP contribution in [0.2, 0.25) is 46.7 Å². The van der Waals surface area contributed by atoms with E-state index in [1.165, 1.54) is 24.1 Å². The van der Waals surface area contributed by atoms with Crippen LogP contribution in [0.25, 0.3) is 0 Å². The van der Waals surface area contributed by atoms with Crippen LogP contribution in [-0.2, 0) is 11.3 Å². The van der Waals surface area contributed by atoms with Gasteiger partial charge in [0.2, 0.25) is 0 Å². The molecule has 2 heteroatoms. The standard InChI is InChI=1S/C12H17O.C6H7.Fe/c1-9-5-6-10(7-9)11(13)8-12(2,3)4;1-6-4-2-3-5-6;/h5-7H,8H2,1-4H3;2-5H,1H3;. The van der Waals surface area contributed by atoms with Gasteiger partial charge < -0.3 is 0 Å². The van der Waals surface area contributed by atoms with Crippen molar-refractivity contribution in [1.29, 1.82) is 0 Å². The number of hydrogen-bond acceptors (Lipinski definition) is 1. The van der Waals surface area contributed by atoms with E-state index < -0.39 is 6.51 Å². The fraction of sp³-hybridized carbons (Fsp3) is 0.944. The second-order valence-electron chi connectivity index (χ2n) is 13.8. The molecule has 1 spiro atoms. The Balaban J connectivity index is 1.46. The fourth-order valence-electron chi connectivity index (χ4n) is 20.5. The Hall–Kier alpha value is 0.189.